The van der Waals surface area contributed by atoms with Crippen LogP contribution in [0.3, 0.4) is 0 Å². The summed E-state index contributed by atoms with van der Waals surface area (Å²) in [7, 11) is 0. The van der Waals surface area contributed by atoms with E-state index in [2.05, 4.69) is 57.7 Å². The molecule has 5 rings (SSSR count). The van der Waals surface area contributed by atoms with Crippen LogP contribution in [-0.4, -0.2) is 50.8 Å². The monoisotopic (exact) mass is 621 g/mol. The smallest absolute Gasteiger partial charge is 0.416 e. The van der Waals surface area contributed by atoms with Crippen molar-refractivity contribution in [2.45, 2.75) is 93.1 Å². The minimum absolute atomic E-state index is 0.0109. The molecule has 1 aliphatic carbocycles. The molecule has 1 aliphatic heterocycles. The van der Waals surface area contributed by atoms with Crippen molar-refractivity contribution in [1.29, 1.82) is 5.26 Å². The number of aromatic amines is 1. The molecule has 3 heterocycles. The van der Waals surface area contributed by atoms with Crippen LogP contribution in [-0.2, 0) is 4.74 Å². The number of halogens is 1. The summed E-state index contributed by atoms with van der Waals surface area (Å²) >= 11 is 6.42. The van der Waals surface area contributed by atoms with Crippen LogP contribution in [0.4, 0.5) is 4.79 Å². The second-order valence-electron chi connectivity index (χ2n) is 14.5. The van der Waals surface area contributed by atoms with Crippen molar-refractivity contribution in [3.63, 3.8) is 0 Å². The van der Waals surface area contributed by atoms with Gasteiger partial charge in [0.05, 0.1) is 0 Å². The van der Waals surface area contributed by atoms with Gasteiger partial charge in [-0.05, 0) is 61.5 Å². The molecule has 236 valence electrons. The number of hydrogen-bond acceptors (Lipinski definition) is 6. The number of hydrogen-bond donors (Lipinski definition) is 1. The van der Waals surface area contributed by atoms with E-state index in [1.807, 2.05) is 19.1 Å². The average Bonchev–Trinajstić information content (AvgIpc) is 3.51. The van der Waals surface area contributed by atoms with Crippen molar-refractivity contribution in [3.8, 4) is 23.3 Å². The van der Waals surface area contributed by atoms with Crippen LogP contribution in [0.5, 0.6) is 5.88 Å². The molecule has 2 atom stereocenters. The Balaban J connectivity index is 1.62. The first-order valence-corrected chi connectivity index (χ1v) is 16.1. The Morgan fingerprint density at radius 1 is 1.02 bits per heavy atom. The van der Waals surface area contributed by atoms with Gasteiger partial charge in [0.1, 0.15) is 23.3 Å². The summed E-state index contributed by atoms with van der Waals surface area (Å²) in [6.07, 6.45) is 4.86. The molecule has 1 N–H and O–H groups in total. The summed E-state index contributed by atoms with van der Waals surface area (Å²) in [6, 6.07) is 7.65. The number of likely N-dealkylation sites (tertiary alicyclic amines) is 1. The minimum Gasteiger partial charge on any atom is -0.458 e. The summed E-state index contributed by atoms with van der Waals surface area (Å²) in [5.74, 6) is -0.0533. The van der Waals surface area contributed by atoms with Crippen molar-refractivity contribution < 1.29 is 19.1 Å². The van der Waals surface area contributed by atoms with E-state index in [-0.39, 0.29) is 51.4 Å². The number of nitrogens with zero attached hydrogens (tertiary/aromatic N) is 4. The normalized spacial score (nSPS) is 21.2. The predicted octanol–water partition coefficient (Wildman–Crippen LogP) is 8.18. The summed E-state index contributed by atoms with van der Waals surface area (Å²) < 4.78 is 13.7. The van der Waals surface area contributed by atoms with Gasteiger partial charge in [0.2, 0.25) is 5.88 Å². The van der Waals surface area contributed by atoms with Gasteiger partial charge in [-0.1, -0.05) is 71.7 Å². The summed E-state index contributed by atoms with van der Waals surface area (Å²) in [5.41, 5.74) is 1.57. The van der Waals surface area contributed by atoms with Gasteiger partial charge in [0.25, 0.3) is 0 Å². The van der Waals surface area contributed by atoms with E-state index < -0.39 is 12.1 Å². The Bertz CT molecular complexity index is 1570. The first kappa shape index (κ1) is 31.9. The largest absolute Gasteiger partial charge is 0.458 e. The Morgan fingerprint density at radius 2 is 1.66 bits per heavy atom. The van der Waals surface area contributed by atoms with E-state index in [0.29, 0.717) is 29.5 Å². The number of H-pyrrole nitrogens is 1. The fraction of sp³-hybridized carbons (Fsp3) is 0.588. The number of fused-ring (bicyclic) bond motifs is 1. The van der Waals surface area contributed by atoms with Gasteiger partial charge in [-0.25, -0.2) is 9.59 Å². The molecule has 2 aliphatic rings. The first-order valence-electron chi connectivity index (χ1n) is 15.7. The van der Waals surface area contributed by atoms with Gasteiger partial charge < -0.3 is 19.4 Å². The van der Waals surface area contributed by atoms with Gasteiger partial charge in [-0.3, -0.25) is 0 Å². The zero-order valence-electron chi connectivity index (χ0n) is 26.9. The molecule has 2 unspecified atom stereocenters. The lowest BCUT2D eigenvalue weighted by Gasteiger charge is -2.48. The number of nitrogens with one attached hydrogen (secondary N) is 1. The average molecular weight is 622 g/mol. The summed E-state index contributed by atoms with van der Waals surface area (Å²) in [5, 5.41) is 15.6. The first-order chi connectivity index (χ1) is 20.7. The zero-order chi connectivity index (χ0) is 32.0. The molecule has 3 aromatic rings. The lowest BCUT2D eigenvalue weighted by Crippen LogP contribution is -2.47. The second-order valence-corrected chi connectivity index (χ2v) is 14.9. The molecule has 9 nitrogen and oxygen atoms in total. The quantitative estimate of drug-likeness (QED) is 0.294. The molecule has 2 fully saturated rings. The fourth-order valence-electron chi connectivity index (χ4n) is 6.84. The number of benzene rings is 1. The third-order valence-corrected chi connectivity index (χ3v) is 9.80. The number of aromatic nitrogens is 3. The Labute approximate surface area is 264 Å². The number of carbonyl (C=O) groups is 2. The lowest BCUT2D eigenvalue weighted by atomic mass is 9.61. The third kappa shape index (κ3) is 6.19. The summed E-state index contributed by atoms with van der Waals surface area (Å²) in [6.45, 7) is 16.2. The SMILES string of the molecule is Cc1ccc(-c2nn3c(OC(=O)N4CCCCC4)c(C#N)c(C(=O)OC4C(C(C)(C)C)CCCC4C(C)(C)C)c3[nH]2)cc1Cl. The number of carbonyl (C=O) groups excluding carboxylic acids is 2. The minimum atomic E-state index is -0.633. The standard InChI is InChI=1S/C34H44ClN5O4/c1-20-14-15-21(18-25(20)35)28-37-29-26(22(19-36)30(40(29)38-28)44-32(42)39-16-9-8-10-17-39)31(41)43-27-23(33(2,3)4)12-11-13-24(27)34(5,6)7/h14-15,18,23-24,27H,8-13,16-17H2,1-7H3,(H,37,38). The zero-order valence-corrected chi connectivity index (χ0v) is 27.7. The Kier molecular flexibility index (Phi) is 8.78. The lowest BCUT2D eigenvalue weighted by molar-refractivity contribution is -0.0803. The number of piperidine rings is 1. The number of ether oxygens (including phenoxy) is 2. The molecule has 0 radical (unpaired) electrons. The molecule has 0 spiro atoms. The maximum absolute atomic E-state index is 14.3. The highest BCUT2D eigenvalue weighted by Crippen LogP contribution is 2.48. The maximum Gasteiger partial charge on any atom is 0.416 e. The highest BCUT2D eigenvalue weighted by atomic mass is 35.5. The molecule has 1 saturated carbocycles. The number of aryl methyl sites for hydroxylation is 1. The van der Waals surface area contributed by atoms with Gasteiger partial charge in [0, 0.05) is 35.5 Å². The van der Waals surface area contributed by atoms with Gasteiger partial charge in [0.15, 0.2) is 11.5 Å². The van der Waals surface area contributed by atoms with Gasteiger partial charge in [-0.2, -0.15) is 9.78 Å². The van der Waals surface area contributed by atoms with Crippen molar-refractivity contribution in [2.24, 2.45) is 22.7 Å². The fourth-order valence-corrected chi connectivity index (χ4v) is 7.02. The number of amides is 1. The van der Waals surface area contributed by atoms with Crippen molar-refractivity contribution in [3.05, 3.63) is 39.9 Å². The second kappa shape index (κ2) is 12.1. The van der Waals surface area contributed by atoms with E-state index in [0.717, 1.165) is 44.1 Å². The van der Waals surface area contributed by atoms with E-state index >= 15 is 0 Å². The molecular weight excluding hydrogens is 578 g/mol. The van der Waals surface area contributed by atoms with Crippen LogP contribution < -0.4 is 4.74 Å². The van der Waals surface area contributed by atoms with Crippen LogP contribution in [0.1, 0.15) is 102 Å². The predicted molar refractivity (Wildman–Crippen MR) is 170 cm³/mol. The van der Waals surface area contributed by atoms with E-state index in [1.54, 1.807) is 11.0 Å². The van der Waals surface area contributed by atoms with Crippen molar-refractivity contribution in [1.82, 2.24) is 19.5 Å². The topological polar surface area (TPSA) is 113 Å². The summed E-state index contributed by atoms with van der Waals surface area (Å²) in [4.78, 5) is 32.4. The van der Waals surface area contributed by atoms with Crippen molar-refractivity contribution >= 4 is 29.3 Å². The highest BCUT2D eigenvalue weighted by molar-refractivity contribution is 6.31. The maximum atomic E-state index is 14.3. The highest BCUT2D eigenvalue weighted by Gasteiger charge is 2.47. The molecule has 44 heavy (non-hydrogen) atoms. The van der Waals surface area contributed by atoms with E-state index in [4.69, 9.17) is 21.1 Å². The Hall–Kier alpha value is -3.51. The van der Waals surface area contributed by atoms with Crippen LogP contribution in [0.15, 0.2) is 18.2 Å². The molecule has 1 aromatic carbocycles. The number of nitriles is 1. The molecule has 2 aromatic heterocycles. The molecular formula is C34H44ClN5O4. The molecule has 10 heteroatoms. The number of rotatable bonds is 4. The molecule has 1 amide bonds. The van der Waals surface area contributed by atoms with Crippen LogP contribution >= 0.6 is 11.6 Å². The molecule has 1 saturated heterocycles. The van der Waals surface area contributed by atoms with Gasteiger partial charge >= 0.3 is 12.1 Å². The number of esters is 1. The van der Waals surface area contributed by atoms with E-state index in [9.17, 15) is 14.9 Å². The van der Waals surface area contributed by atoms with Crippen LogP contribution in [0.2, 0.25) is 5.02 Å². The Morgan fingerprint density at radius 3 is 2.23 bits per heavy atom. The van der Waals surface area contributed by atoms with Crippen LogP contribution in [0, 0.1) is 40.9 Å². The van der Waals surface area contributed by atoms with E-state index in [1.165, 1.54) is 4.52 Å². The molecule has 0 bridgehead atoms. The van der Waals surface area contributed by atoms with Crippen molar-refractivity contribution in [2.75, 3.05) is 13.1 Å². The van der Waals surface area contributed by atoms with Crippen LogP contribution in [0.25, 0.3) is 17.0 Å². The van der Waals surface area contributed by atoms with Gasteiger partial charge in [-0.15, -0.1) is 5.10 Å². The third-order valence-electron chi connectivity index (χ3n) is 9.39.